The Morgan fingerprint density at radius 1 is 1.12 bits per heavy atom. The van der Waals surface area contributed by atoms with Gasteiger partial charge in [0.2, 0.25) is 0 Å². The summed E-state index contributed by atoms with van der Waals surface area (Å²) in [5.74, 6) is 0.243. The van der Waals surface area contributed by atoms with Gasteiger partial charge < -0.3 is 20.1 Å². The van der Waals surface area contributed by atoms with E-state index in [2.05, 4.69) is 20.6 Å². The molecule has 0 bridgehead atoms. The molecule has 1 aliphatic carbocycles. The van der Waals surface area contributed by atoms with Crippen LogP contribution in [0.3, 0.4) is 0 Å². The smallest absolute Gasteiger partial charge is 0.319 e. The van der Waals surface area contributed by atoms with E-state index in [4.69, 9.17) is 9.47 Å². The topological polar surface area (TPSA) is 85.4 Å². The zero-order chi connectivity index (χ0) is 18.4. The lowest BCUT2D eigenvalue weighted by Gasteiger charge is -2.28. The predicted molar refractivity (Wildman–Crippen MR) is 93.8 cm³/mol. The first kappa shape index (κ1) is 17.9. The highest BCUT2D eigenvalue weighted by molar-refractivity contribution is 5.89. The Morgan fingerprint density at radius 2 is 1.77 bits per heavy atom. The van der Waals surface area contributed by atoms with Gasteiger partial charge in [0, 0.05) is 11.7 Å². The third-order valence-corrected chi connectivity index (χ3v) is 4.23. The molecule has 7 nitrogen and oxygen atoms in total. The van der Waals surface area contributed by atoms with Gasteiger partial charge in [-0.15, -0.1) is 0 Å². The van der Waals surface area contributed by atoms with Crippen LogP contribution in [0.15, 0.2) is 36.7 Å². The van der Waals surface area contributed by atoms with E-state index in [0.29, 0.717) is 5.69 Å². The number of carbonyl (C=O) groups is 1. The molecule has 138 valence electrons. The number of methoxy groups -OCH3 is 1. The first-order valence-electron chi connectivity index (χ1n) is 8.48. The zero-order valence-electron chi connectivity index (χ0n) is 14.4. The summed E-state index contributed by atoms with van der Waals surface area (Å²) in [6, 6.07) is 7.17. The molecular weight excluding hydrogens is 339 g/mol. The van der Waals surface area contributed by atoms with E-state index in [0.717, 1.165) is 43.8 Å². The van der Waals surface area contributed by atoms with Gasteiger partial charge in [0.25, 0.3) is 0 Å². The molecule has 2 amide bonds. The molecule has 1 saturated carbocycles. The first-order valence-corrected chi connectivity index (χ1v) is 8.48. The molecular formula is C18H21FN4O3. The molecule has 26 heavy (non-hydrogen) atoms. The number of nitrogens with one attached hydrogen (secondary N) is 2. The van der Waals surface area contributed by atoms with E-state index in [1.54, 1.807) is 31.4 Å². The van der Waals surface area contributed by atoms with Crippen molar-refractivity contribution in [3.8, 4) is 11.8 Å². The number of aromatic nitrogens is 2. The van der Waals surface area contributed by atoms with Gasteiger partial charge in [0.05, 0.1) is 19.5 Å². The fourth-order valence-electron chi connectivity index (χ4n) is 2.86. The average molecular weight is 360 g/mol. The summed E-state index contributed by atoms with van der Waals surface area (Å²) >= 11 is 0. The number of benzene rings is 1. The molecule has 1 aromatic heterocycles. The first-order chi connectivity index (χ1) is 12.6. The Kier molecular flexibility index (Phi) is 5.83. The Labute approximate surface area is 150 Å². The molecule has 1 aromatic carbocycles. The van der Waals surface area contributed by atoms with Gasteiger partial charge >= 0.3 is 12.0 Å². The maximum atomic E-state index is 12.8. The van der Waals surface area contributed by atoms with Crippen LogP contribution < -0.4 is 20.1 Å². The number of carbonyl (C=O) groups excluding carboxylic acids is 1. The van der Waals surface area contributed by atoms with Crippen molar-refractivity contribution in [3.63, 3.8) is 0 Å². The van der Waals surface area contributed by atoms with Crippen molar-refractivity contribution >= 4 is 11.7 Å². The van der Waals surface area contributed by atoms with Crippen LogP contribution in [0.1, 0.15) is 25.7 Å². The highest BCUT2D eigenvalue weighted by Crippen LogP contribution is 2.22. The normalized spacial score (nSPS) is 19.5. The van der Waals surface area contributed by atoms with Gasteiger partial charge in [-0.2, -0.15) is 0 Å². The minimum atomic E-state index is -0.492. The summed E-state index contributed by atoms with van der Waals surface area (Å²) in [5.41, 5.74) is 0.703. The summed E-state index contributed by atoms with van der Waals surface area (Å²) in [5, 5.41) is 5.77. The fraction of sp³-hybridized carbons (Fsp3) is 0.389. The van der Waals surface area contributed by atoms with Crippen LogP contribution in [0.25, 0.3) is 0 Å². The van der Waals surface area contributed by atoms with E-state index >= 15 is 0 Å². The second-order valence-corrected chi connectivity index (χ2v) is 6.10. The van der Waals surface area contributed by atoms with E-state index in [-0.39, 0.29) is 24.2 Å². The molecule has 2 N–H and O–H groups in total. The van der Waals surface area contributed by atoms with Crippen molar-refractivity contribution in [2.24, 2.45) is 0 Å². The summed E-state index contributed by atoms with van der Waals surface area (Å²) in [6.07, 6.45) is 5.27. The number of hydrogen-bond acceptors (Lipinski definition) is 5. The Balaban J connectivity index is 1.41. The van der Waals surface area contributed by atoms with Crippen molar-refractivity contribution in [3.05, 3.63) is 42.5 Å². The van der Waals surface area contributed by atoms with Gasteiger partial charge in [-0.1, -0.05) is 0 Å². The van der Waals surface area contributed by atoms with Crippen molar-refractivity contribution in [1.82, 2.24) is 15.3 Å². The van der Waals surface area contributed by atoms with Crippen LogP contribution in [0.4, 0.5) is 14.9 Å². The number of halogens is 1. The van der Waals surface area contributed by atoms with Crippen LogP contribution in [0.2, 0.25) is 0 Å². The number of nitrogens with zero attached hydrogens (tertiary/aromatic N) is 2. The van der Waals surface area contributed by atoms with Gasteiger partial charge in [-0.05, 0) is 49.9 Å². The summed E-state index contributed by atoms with van der Waals surface area (Å²) in [7, 11) is 1.59. The summed E-state index contributed by atoms with van der Waals surface area (Å²) in [6.45, 7) is 0. The van der Waals surface area contributed by atoms with Crippen molar-refractivity contribution in [2.75, 3.05) is 12.4 Å². The largest absolute Gasteiger partial charge is 0.497 e. The highest BCUT2D eigenvalue weighted by atomic mass is 19.1. The van der Waals surface area contributed by atoms with Gasteiger partial charge in [0.15, 0.2) is 5.82 Å². The minimum absolute atomic E-state index is 0.0249. The van der Waals surface area contributed by atoms with E-state index in [9.17, 15) is 9.18 Å². The Bertz CT molecular complexity index is 716. The number of anilines is 1. The molecule has 1 fully saturated rings. The van der Waals surface area contributed by atoms with Crippen molar-refractivity contribution in [2.45, 2.75) is 37.8 Å². The number of rotatable bonds is 5. The second-order valence-electron chi connectivity index (χ2n) is 6.10. The molecule has 8 heteroatoms. The third-order valence-electron chi connectivity index (χ3n) is 4.23. The van der Waals surface area contributed by atoms with E-state index in [1.165, 1.54) is 0 Å². The standard InChI is InChI=1S/C18H21FN4O3/c1-25-15-6-2-13(3-7-15)22-17(24)23-14-4-8-16(9-5-14)26-18-20-10-12(19)11-21-18/h2-3,6-7,10-11,14,16H,4-5,8-9H2,1H3,(H2,22,23,24). The Morgan fingerprint density at radius 3 is 2.38 bits per heavy atom. The maximum absolute atomic E-state index is 12.8. The van der Waals surface area contributed by atoms with Crippen LogP contribution in [-0.2, 0) is 0 Å². The molecule has 0 spiro atoms. The third kappa shape index (κ3) is 5.05. The van der Waals surface area contributed by atoms with Crippen molar-refractivity contribution in [1.29, 1.82) is 0 Å². The monoisotopic (exact) mass is 360 g/mol. The summed E-state index contributed by atoms with van der Waals surface area (Å²) < 4.78 is 23.5. The van der Waals surface area contributed by atoms with Crippen LogP contribution in [0.5, 0.6) is 11.8 Å². The zero-order valence-corrected chi connectivity index (χ0v) is 14.4. The van der Waals surface area contributed by atoms with Crippen LogP contribution in [-0.4, -0.2) is 35.3 Å². The van der Waals surface area contributed by atoms with Crippen LogP contribution >= 0.6 is 0 Å². The Hall–Kier alpha value is -2.90. The SMILES string of the molecule is COc1ccc(NC(=O)NC2CCC(Oc3ncc(F)cn3)CC2)cc1. The van der Waals surface area contributed by atoms with Crippen molar-refractivity contribution < 1.29 is 18.7 Å². The maximum Gasteiger partial charge on any atom is 0.319 e. The van der Waals surface area contributed by atoms with E-state index in [1.807, 2.05) is 0 Å². The molecule has 1 heterocycles. The summed E-state index contributed by atoms with van der Waals surface area (Å²) in [4.78, 5) is 19.7. The van der Waals surface area contributed by atoms with Gasteiger partial charge in [-0.3, -0.25) is 0 Å². The molecule has 0 unspecified atom stereocenters. The quantitative estimate of drug-likeness (QED) is 0.856. The average Bonchev–Trinajstić information content (AvgIpc) is 2.66. The molecule has 0 saturated heterocycles. The molecule has 2 aromatic rings. The molecule has 0 radical (unpaired) electrons. The van der Waals surface area contributed by atoms with E-state index < -0.39 is 5.82 Å². The molecule has 1 aliphatic rings. The van der Waals surface area contributed by atoms with Gasteiger partial charge in [-0.25, -0.2) is 19.2 Å². The molecule has 0 aliphatic heterocycles. The number of hydrogen-bond donors (Lipinski definition) is 2. The van der Waals surface area contributed by atoms with Gasteiger partial charge in [0.1, 0.15) is 11.9 Å². The highest BCUT2D eigenvalue weighted by Gasteiger charge is 2.24. The minimum Gasteiger partial charge on any atom is -0.497 e. The molecule has 3 rings (SSSR count). The van der Waals surface area contributed by atoms with Crippen LogP contribution in [0, 0.1) is 5.82 Å². The lowest BCUT2D eigenvalue weighted by atomic mass is 9.93. The number of urea groups is 1. The lowest BCUT2D eigenvalue weighted by molar-refractivity contribution is 0.129. The molecule has 0 atom stereocenters. The lowest BCUT2D eigenvalue weighted by Crippen LogP contribution is -2.41. The number of ether oxygens (including phenoxy) is 2. The second kappa shape index (κ2) is 8.46. The number of amides is 2. The fourth-order valence-corrected chi connectivity index (χ4v) is 2.86. The predicted octanol–water partition coefficient (Wildman–Crippen LogP) is 3.14.